The van der Waals surface area contributed by atoms with Gasteiger partial charge in [-0.15, -0.1) is 0 Å². The first kappa shape index (κ1) is 17.0. The molecular formula is C18H30. The van der Waals surface area contributed by atoms with Gasteiger partial charge in [0.05, 0.1) is 0 Å². The molecule has 0 aliphatic heterocycles. The van der Waals surface area contributed by atoms with Crippen LogP contribution >= 0.6 is 0 Å². The van der Waals surface area contributed by atoms with Crippen molar-refractivity contribution in [3.05, 3.63) is 47.6 Å². The van der Waals surface area contributed by atoms with Crippen LogP contribution in [0.4, 0.5) is 0 Å². The van der Waals surface area contributed by atoms with Crippen molar-refractivity contribution in [3.8, 4) is 0 Å². The third-order valence-corrected chi connectivity index (χ3v) is 3.44. The lowest BCUT2D eigenvalue weighted by Gasteiger charge is -2.32. The molecule has 0 N–H and O–H groups in total. The quantitative estimate of drug-likeness (QED) is 0.518. The number of hydrogen-bond acceptors (Lipinski definition) is 0. The van der Waals surface area contributed by atoms with Crippen LogP contribution in [0.25, 0.3) is 0 Å². The molecule has 0 saturated heterocycles. The smallest absolute Gasteiger partial charge is 0.0104 e. The van der Waals surface area contributed by atoms with E-state index < -0.39 is 0 Å². The van der Waals surface area contributed by atoms with Gasteiger partial charge in [0.15, 0.2) is 0 Å². The molecule has 18 heavy (non-hydrogen) atoms. The second-order valence-electron chi connectivity index (χ2n) is 5.41. The third kappa shape index (κ3) is 5.08. The predicted molar refractivity (Wildman–Crippen MR) is 84.8 cm³/mol. The molecule has 0 aromatic rings. The van der Waals surface area contributed by atoms with Gasteiger partial charge in [-0.3, -0.25) is 0 Å². The molecule has 102 valence electrons. The zero-order valence-corrected chi connectivity index (χ0v) is 13.1. The van der Waals surface area contributed by atoms with Crippen LogP contribution in [0, 0.1) is 5.41 Å². The van der Waals surface area contributed by atoms with Gasteiger partial charge in [-0.25, -0.2) is 0 Å². The van der Waals surface area contributed by atoms with Crippen molar-refractivity contribution in [2.45, 2.75) is 60.8 Å². The molecule has 0 radical (unpaired) electrons. The highest BCUT2D eigenvalue weighted by Gasteiger charge is 2.26. The van der Waals surface area contributed by atoms with Crippen molar-refractivity contribution in [1.29, 1.82) is 0 Å². The van der Waals surface area contributed by atoms with E-state index in [2.05, 4.69) is 46.4 Å². The minimum absolute atomic E-state index is 0.341. The molecule has 0 atom stereocenters. The standard InChI is InChI=1S/C16H24.C2H6/c1-6-8-13(2)10-11-15-14(3)9-7-12-16(15,4)5;1-2/h6,8,10-11H,1,7,9,12H2,2-5H3;1-2H3/b11-10+,13-8+;. The summed E-state index contributed by atoms with van der Waals surface area (Å²) in [6.07, 6.45) is 12.3. The van der Waals surface area contributed by atoms with Crippen LogP contribution in [0.2, 0.25) is 0 Å². The number of hydrogen-bond donors (Lipinski definition) is 0. The summed E-state index contributed by atoms with van der Waals surface area (Å²) in [5, 5.41) is 0. The average molecular weight is 246 g/mol. The highest BCUT2D eigenvalue weighted by Crippen LogP contribution is 2.40. The van der Waals surface area contributed by atoms with Gasteiger partial charge in [0.25, 0.3) is 0 Å². The average Bonchev–Trinajstić information content (AvgIpc) is 2.30. The summed E-state index contributed by atoms with van der Waals surface area (Å²) in [4.78, 5) is 0. The lowest BCUT2D eigenvalue weighted by Crippen LogP contribution is -2.19. The van der Waals surface area contributed by atoms with E-state index in [1.165, 1.54) is 30.4 Å². The first-order chi connectivity index (χ1) is 8.47. The minimum Gasteiger partial charge on any atom is -0.0991 e. The summed E-state index contributed by atoms with van der Waals surface area (Å²) < 4.78 is 0. The molecule has 0 heterocycles. The van der Waals surface area contributed by atoms with Crippen LogP contribution in [0.1, 0.15) is 60.8 Å². The highest BCUT2D eigenvalue weighted by atomic mass is 14.3. The van der Waals surface area contributed by atoms with Gasteiger partial charge >= 0.3 is 0 Å². The molecule has 0 unspecified atom stereocenters. The Kier molecular flexibility index (Phi) is 7.66. The maximum Gasteiger partial charge on any atom is -0.0104 e. The van der Waals surface area contributed by atoms with Crippen LogP contribution < -0.4 is 0 Å². The van der Waals surface area contributed by atoms with Crippen LogP contribution in [-0.4, -0.2) is 0 Å². The zero-order valence-electron chi connectivity index (χ0n) is 13.1. The van der Waals surface area contributed by atoms with E-state index in [1.54, 1.807) is 5.57 Å². The molecule has 0 aromatic carbocycles. The normalized spacial score (nSPS) is 19.6. The molecule has 0 spiro atoms. The topological polar surface area (TPSA) is 0 Å². The Morgan fingerprint density at radius 2 is 1.89 bits per heavy atom. The van der Waals surface area contributed by atoms with Crippen molar-refractivity contribution < 1.29 is 0 Å². The van der Waals surface area contributed by atoms with Crippen molar-refractivity contribution in [3.63, 3.8) is 0 Å². The van der Waals surface area contributed by atoms with Crippen molar-refractivity contribution in [2.75, 3.05) is 0 Å². The fourth-order valence-electron chi connectivity index (χ4n) is 2.47. The maximum absolute atomic E-state index is 3.72. The SMILES string of the molecule is C=C/C=C(C)/C=C/C1=C(C)CCCC1(C)C.CC. The Morgan fingerprint density at radius 3 is 2.39 bits per heavy atom. The third-order valence-electron chi connectivity index (χ3n) is 3.44. The van der Waals surface area contributed by atoms with Crippen molar-refractivity contribution in [2.24, 2.45) is 5.41 Å². The number of rotatable bonds is 3. The summed E-state index contributed by atoms with van der Waals surface area (Å²) in [7, 11) is 0. The minimum atomic E-state index is 0.341. The van der Waals surface area contributed by atoms with Crippen LogP contribution in [-0.2, 0) is 0 Å². The van der Waals surface area contributed by atoms with E-state index >= 15 is 0 Å². The van der Waals surface area contributed by atoms with Gasteiger partial charge in [-0.1, -0.05) is 69.7 Å². The summed E-state index contributed by atoms with van der Waals surface area (Å²) in [5.74, 6) is 0. The van der Waals surface area contributed by atoms with E-state index in [-0.39, 0.29) is 0 Å². The molecular weight excluding hydrogens is 216 g/mol. The highest BCUT2D eigenvalue weighted by molar-refractivity contribution is 5.36. The van der Waals surface area contributed by atoms with Crippen molar-refractivity contribution >= 4 is 0 Å². The van der Waals surface area contributed by atoms with Gasteiger partial charge in [-0.2, -0.15) is 0 Å². The summed E-state index contributed by atoms with van der Waals surface area (Å²) in [6.45, 7) is 16.8. The molecule has 0 aromatic heterocycles. The molecule has 0 bridgehead atoms. The second kappa shape index (κ2) is 8.13. The molecule has 0 nitrogen and oxygen atoms in total. The molecule has 1 aliphatic rings. The first-order valence-corrected chi connectivity index (χ1v) is 7.15. The molecule has 0 fully saturated rings. The Labute approximate surface area is 114 Å². The fourth-order valence-corrected chi connectivity index (χ4v) is 2.47. The maximum atomic E-state index is 3.72. The fraction of sp³-hybridized carbons (Fsp3) is 0.556. The monoisotopic (exact) mass is 246 g/mol. The number of allylic oxidation sites excluding steroid dienone is 7. The Hall–Kier alpha value is -1.04. The molecule has 1 aliphatic carbocycles. The lowest BCUT2D eigenvalue weighted by atomic mass is 9.72. The van der Waals surface area contributed by atoms with Gasteiger partial charge in [0.2, 0.25) is 0 Å². The van der Waals surface area contributed by atoms with Crippen LogP contribution in [0.15, 0.2) is 47.6 Å². The van der Waals surface area contributed by atoms with Crippen LogP contribution in [0.5, 0.6) is 0 Å². The molecule has 0 amide bonds. The van der Waals surface area contributed by atoms with Gasteiger partial charge in [0, 0.05) is 0 Å². The molecule has 1 rings (SSSR count). The Morgan fingerprint density at radius 1 is 1.28 bits per heavy atom. The lowest BCUT2D eigenvalue weighted by molar-refractivity contribution is 0.377. The van der Waals surface area contributed by atoms with Gasteiger partial charge in [-0.05, 0) is 44.1 Å². The largest absolute Gasteiger partial charge is 0.0991 e. The van der Waals surface area contributed by atoms with Crippen molar-refractivity contribution in [1.82, 2.24) is 0 Å². The Balaban J connectivity index is 0.00000137. The zero-order chi connectivity index (χ0) is 14.2. The van der Waals surface area contributed by atoms with Crippen LogP contribution in [0.3, 0.4) is 0 Å². The Bertz CT molecular complexity index is 348. The molecule has 0 saturated carbocycles. The van der Waals surface area contributed by atoms with E-state index in [1.807, 2.05) is 26.0 Å². The summed E-state index contributed by atoms with van der Waals surface area (Å²) in [6, 6.07) is 0. The van der Waals surface area contributed by atoms with E-state index in [4.69, 9.17) is 0 Å². The van der Waals surface area contributed by atoms with Gasteiger partial charge in [0.1, 0.15) is 0 Å². The summed E-state index contributed by atoms with van der Waals surface area (Å²) >= 11 is 0. The predicted octanol–water partition coefficient (Wildman–Crippen LogP) is 6.23. The van der Waals surface area contributed by atoms with E-state index in [0.29, 0.717) is 5.41 Å². The van der Waals surface area contributed by atoms with E-state index in [0.717, 1.165) is 0 Å². The van der Waals surface area contributed by atoms with Gasteiger partial charge < -0.3 is 0 Å². The second-order valence-corrected chi connectivity index (χ2v) is 5.41. The molecule has 0 heteroatoms. The first-order valence-electron chi connectivity index (χ1n) is 7.15. The van der Waals surface area contributed by atoms with E-state index in [9.17, 15) is 0 Å². The summed E-state index contributed by atoms with van der Waals surface area (Å²) in [5.41, 5.74) is 4.68.